The molecule has 1 amide bonds. The number of likely N-dealkylation sites (tertiary alicyclic amines) is 1. The molecule has 2 N–H and O–H groups in total. The highest BCUT2D eigenvalue weighted by atomic mass is 127. The van der Waals surface area contributed by atoms with Crippen LogP contribution in [-0.2, 0) is 11.2 Å². The van der Waals surface area contributed by atoms with Crippen molar-refractivity contribution in [2.75, 3.05) is 26.2 Å². The third-order valence-electron chi connectivity index (χ3n) is 5.72. The molecule has 29 heavy (non-hydrogen) atoms. The van der Waals surface area contributed by atoms with Crippen LogP contribution in [0.1, 0.15) is 51.0 Å². The maximum absolute atomic E-state index is 13.0. The number of hydrogen-bond donors (Lipinski definition) is 2. The second kappa shape index (κ2) is 12.3. The van der Waals surface area contributed by atoms with Gasteiger partial charge in [0.15, 0.2) is 5.96 Å². The fourth-order valence-electron chi connectivity index (χ4n) is 4.15. The van der Waals surface area contributed by atoms with Gasteiger partial charge in [-0.2, -0.15) is 0 Å². The first-order valence-electron chi connectivity index (χ1n) is 10.7. The summed E-state index contributed by atoms with van der Waals surface area (Å²) in [6, 6.07) is 6.82. The fraction of sp³-hybridized carbons (Fsp3) is 0.636. The summed E-state index contributed by atoms with van der Waals surface area (Å²) in [7, 11) is 0. The second-order valence-electron chi connectivity index (χ2n) is 7.89. The number of nitrogens with one attached hydrogen (secondary N) is 2. The number of nitrogens with zero attached hydrogens (tertiary/aromatic N) is 2. The number of carbonyl (C=O) groups excluding carboxylic acids is 1. The molecule has 1 atom stereocenters. The lowest BCUT2D eigenvalue weighted by molar-refractivity contribution is -0.135. The van der Waals surface area contributed by atoms with E-state index < -0.39 is 0 Å². The highest BCUT2D eigenvalue weighted by Gasteiger charge is 2.31. The van der Waals surface area contributed by atoms with Crippen molar-refractivity contribution in [1.82, 2.24) is 15.5 Å². The Morgan fingerprint density at radius 3 is 2.59 bits per heavy atom. The van der Waals surface area contributed by atoms with Crippen LogP contribution in [-0.4, -0.2) is 49.0 Å². The molecule has 3 rings (SSSR count). The van der Waals surface area contributed by atoms with Gasteiger partial charge < -0.3 is 15.5 Å². The van der Waals surface area contributed by atoms with E-state index in [-0.39, 0.29) is 41.8 Å². The largest absolute Gasteiger partial charge is 0.357 e. The molecule has 1 saturated heterocycles. The predicted molar refractivity (Wildman–Crippen MR) is 126 cm³/mol. The Kier molecular flexibility index (Phi) is 10.2. The molecule has 1 unspecified atom stereocenters. The Labute approximate surface area is 190 Å². The summed E-state index contributed by atoms with van der Waals surface area (Å²) in [6.45, 7) is 5.07. The number of halogens is 2. The quantitative estimate of drug-likeness (QED) is 0.345. The Hall–Kier alpha value is -1.38. The zero-order valence-electron chi connectivity index (χ0n) is 17.3. The summed E-state index contributed by atoms with van der Waals surface area (Å²) < 4.78 is 13.0. The number of benzene rings is 1. The van der Waals surface area contributed by atoms with Crippen LogP contribution in [0.3, 0.4) is 0 Å². The van der Waals surface area contributed by atoms with Gasteiger partial charge in [-0.1, -0.05) is 31.4 Å². The molecule has 0 spiro atoms. The molecular formula is C22H34FIN4O. The summed E-state index contributed by atoms with van der Waals surface area (Å²) in [6.07, 6.45) is 7.50. The van der Waals surface area contributed by atoms with Crippen LogP contribution in [0.4, 0.5) is 4.39 Å². The topological polar surface area (TPSA) is 56.7 Å². The van der Waals surface area contributed by atoms with E-state index >= 15 is 0 Å². The maximum Gasteiger partial charge on any atom is 0.225 e. The van der Waals surface area contributed by atoms with E-state index in [0.29, 0.717) is 12.5 Å². The lowest BCUT2D eigenvalue weighted by Gasteiger charge is -2.26. The lowest BCUT2D eigenvalue weighted by Crippen LogP contribution is -2.45. The van der Waals surface area contributed by atoms with Crippen molar-refractivity contribution >= 4 is 35.8 Å². The molecule has 1 aliphatic heterocycles. The van der Waals surface area contributed by atoms with Crippen molar-refractivity contribution in [2.24, 2.45) is 10.9 Å². The molecule has 0 bridgehead atoms. The summed E-state index contributed by atoms with van der Waals surface area (Å²) in [5.74, 6) is 1.17. The molecule has 5 nitrogen and oxygen atoms in total. The SMILES string of the molecule is CCNC(=NCCc1ccc(F)cc1)NC1CCN(C(=O)C2CCCCC2)C1.I. The zero-order valence-corrected chi connectivity index (χ0v) is 19.7. The maximum atomic E-state index is 13.0. The minimum Gasteiger partial charge on any atom is -0.357 e. The van der Waals surface area contributed by atoms with Gasteiger partial charge >= 0.3 is 0 Å². The first-order chi connectivity index (χ1) is 13.7. The van der Waals surface area contributed by atoms with E-state index in [0.717, 1.165) is 56.8 Å². The van der Waals surface area contributed by atoms with E-state index in [1.807, 2.05) is 11.8 Å². The lowest BCUT2D eigenvalue weighted by atomic mass is 9.88. The van der Waals surface area contributed by atoms with Crippen molar-refractivity contribution in [1.29, 1.82) is 0 Å². The first kappa shape index (κ1) is 23.9. The van der Waals surface area contributed by atoms with Crippen molar-refractivity contribution in [3.8, 4) is 0 Å². The average Bonchev–Trinajstić information content (AvgIpc) is 3.18. The van der Waals surface area contributed by atoms with Crippen molar-refractivity contribution in [3.05, 3.63) is 35.6 Å². The molecule has 2 aliphatic rings. The van der Waals surface area contributed by atoms with Crippen LogP contribution in [0.5, 0.6) is 0 Å². The van der Waals surface area contributed by atoms with Crippen LogP contribution >= 0.6 is 24.0 Å². The minimum atomic E-state index is -0.212. The Morgan fingerprint density at radius 1 is 1.17 bits per heavy atom. The summed E-state index contributed by atoms with van der Waals surface area (Å²) in [5, 5.41) is 6.77. The summed E-state index contributed by atoms with van der Waals surface area (Å²) >= 11 is 0. The smallest absolute Gasteiger partial charge is 0.225 e. The van der Waals surface area contributed by atoms with Crippen molar-refractivity contribution in [2.45, 2.75) is 57.9 Å². The van der Waals surface area contributed by atoms with Gasteiger partial charge in [0, 0.05) is 38.1 Å². The number of guanidine groups is 1. The van der Waals surface area contributed by atoms with Gasteiger partial charge in [-0.05, 0) is 50.3 Å². The van der Waals surface area contributed by atoms with Crippen LogP contribution in [0.15, 0.2) is 29.3 Å². The number of amides is 1. The molecule has 1 aliphatic carbocycles. The number of aliphatic imine (C=N–C) groups is 1. The number of carbonyl (C=O) groups is 1. The van der Waals surface area contributed by atoms with E-state index in [1.165, 1.54) is 31.4 Å². The average molecular weight is 516 g/mol. The fourth-order valence-corrected chi connectivity index (χ4v) is 4.15. The highest BCUT2D eigenvalue weighted by Crippen LogP contribution is 2.26. The van der Waals surface area contributed by atoms with E-state index in [4.69, 9.17) is 0 Å². The van der Waals surface area contributed by atoms with E-state index in [1.54, 1.807) is 12.1 Å². The molecular weight excluding hydrogens is 482 g/mol. The molecule has 1 heterocycles. The molecule has 1 aromatic rings. The van der Waals surface area contributed by atoms with Crippen LogP contribution in [0, 0.1) is 11.7 Å². The predicted octanol–water partition coefficient (Wildman–Crippen LogP) is 3.72. The number of rotatable bonds is 6. The van der Waals surface area contributed by atoms with Crippen molar-refractivity contribution < 1.29 is 9.18 Å². The van der Waals surface area contributed by atoms with Crippen LogP contribution < -0.4 is 10.6 Å². The molecule has 2 fully saturated rings. The Morgan fingerprint density at radius 2 is 1.90 bits per heavy atom. The number of hydrogen-bond acceptors (Lipinski definition) is 2. The first-order valence-corrected chi connectivity index (χ1v) is 10.7. The highest BCUT2D eigenvalue weighted by molar-refractivity contribution is 14.0. The summed E-state index contributed by atoms with van der Waals surface area (Å²) in [4.78, 5) is 19.4. The van der Waals surface area contributed by atoms with Gasteiger partial charge in [0.1, 0.15) is 5.82 Å². The Bertz CT molecular complexity index is 661. The molecule has 1 saturated carbocycles. The van der Waals surface area contributed by atoms with Gasteiger partial charge in [0.25, 0.3) is 0 Å². The van der Waals surface area contributed by atoms with Gasteiger partial charge in [-0.3, -0.25) is 9.79 Å². The molecule has 1 aromatic carbocycles. The third kappa shape index (κ3) is 7.42. The van der Waals surface area contributed by atoms with Crippen molar-refractivity contribution in [3.63, 3.8) is 0 Å². The van der Waals surface area contributed by atoms with Crippen LogP contribution in [0.25, 0.3) is 0 Å². The summed E-state index contributed by atoms with van der Waals surface area (Å²) in [5.41, 5.74) is 1.08. The van der Waals surface area contributed by atoms with E-state index in [2.05, 4.69) is 15.6 Å². The van der Waals surface area contributed by atoms with Crippen LogP contribution in [0.2, 0.25) is 0 Å². The zero-order chi connectivity index (χ0) is 19.8. The normalized spacial score (nSPS) is 20.3. The third-order valence-corrected chi connectivity index (χ3v) is 5.72. The standard InChI is InChI=1S/C22H33FN4O.HI/c1-2-24-22(25-14-12-17-8-10-19(23)11-9-17)26-20-13-15-27(16-20)21(28)18-6-4-3-5-7-18;/h8-11,18,20H,2-7,12-16H2,1H3,(H2,24,25,26);1H. The molecule has 0 aromatic heterocycles. The molecule has 7 heteroatoms. The van der Waals surface area contributed by atoms with Gasteiger partial charge in [0.2, 0.25) is 5.91 Å². The van der Waals surface area contributed by atoms with Gasteiger partial charge in [-0.15, -0.1) is 24.0 Å². The monoisotopic (exact) mass is 516 g/mol. The van der Waals surface area contributed by atoms with Gasteiger partial charge in [0.05, 0.1) is 0 Å². The minimum absolute atomic E-state index is 0. The second-order valence-corrected chi connectivity index (χ2v) is 7.89. The molecule has 162 valence electrons. The van der Waals surface area contributed by atoms with E-state index in [9.17, 15) is 9.18 Å². The van der Waals surface area contributed by atoms with Gasteiger partial charge in [-0.25, -0.2) is 4.39 Å². The molecule has 0 radical (unpaired) electrons. The Balaban J connectivity index is 0.00000300.